The van der Waals surface area contributed by atoms with Gasteiger partial charge in [0, 0.05) is 13.2 Å². The van der Waals surface area contributed by atoms with E-state index in [0.717, 1.165) is 26.2 Å². The van der Waals surface area contributed by atoms with Crippen LogP contribution in [0.4, 0.5) is 0 Å². The topological polar surface area (TPSA) is 67.9 Å². The minimum absolute atomic E-state index is 0.560. The minimum Gasteiger partial charge on any atom is -0.379 e. The van der Waals surface area contributed by atoms with E-state index in [0.29, 0.717) is 79.3 Å². The van der Waals surface area contributed by atoms with Crippen LogP contribution in [0.2, 0.25) is 0 Å². The standard InChI is InChI=1S/C34H71NO7/c1-4-5-6-7-8-9-10-11-12-13-14-15-16-17-18-19-21-36-23-25-38-27-29-40-31-33-42-34-32-41-30-28-39-26-24-37-22-20-35(2)3/h4-34H2,1-3H3. The molecule has 0 aromatic heterocycles. The first-order valence-corrected chi connectivity index (χ1v) is 17.5. The zero-order chi connectivity index (χ0) is 30.4. The Balaban J connectivity index is 3.03. The van der Waals surface area contributed by atoms with Crippen LogP contribution >= 0.6 is 0 Å². The second kappa shape index (κ2) is 38.7. The van der Waals surface area contributed by atoms with E-state index in [1.165, 1.54) is 96.3 Å². The molecule has 0 aromatic carbocycles. The number of hydrogen-bond acceptors (Lipinski definition) is 8. The van der Waals surface area contributed by atoms with E-state index in [9.17, 15) is 0 Å². The smallest absolute Gasteiger partial charge is 0.0701 e. The molecule has 42 heavy (non-hydrogen) atoms. The molecule has 8 nitrogen and oxygen atoms in total. The molecule has 0 heterocycles. The van der Waals surface area contributed by atoms with Gasteiger partial charge in [-0.3, -0.25) is 0 Å². The van der Waals surface area contributed by atoms with Crippen molar-refractivity contribution in [3.8, 4) is 0 Å². The first-order chi connectivity index (χ1) is 20.8. The van der Waals surface area contributed by atoms with Gasteiger partial charge in [0.1, 0.15) is 0 Å². The maximum Gasteiger partial charge on any atom is 0.0701 e. The van der Waals surface area contributed by atoms with Crippen LogP contribution in [0.15, 0.2) is 0 Å². The van der Waals surface area contributed by atoms with Gasteiger partial charge in [0.05, 0.1) is 85.9 Å². The molecule has 0 amide bonds. The summed E-state index contributed by atoms with van der Waals surface area (Å²) in [6.07, 6.45) is 22.3. The summed E-state index contributed by atoms with van der Waals surface area (Å²) in [7, 11) is 4.06. The van der Waals surface area contributed by atoms with E-state index in [-0.39, 0.29) is 0 Å². The summed E-state index contributed by atoms with van der Waals surface area (Å²) in [5.74, 6) is 0. The van der Waals surface area contributed by atoms with Crippen LogP contribution in [0.3, 0.4) is 0 Å². The zero-order valence-electron chi connectivity index (χ0n) is 28.2. The predicted molar refractivity (Wildman–Crippen MR) is 174 cm³/mol. The van der Waals surface area contributed by atoms with E-state index >= 15 is 0 Å². The van der Waals surface area contributed by atoms with Gasteiger partial charge in [0.15, 0.2) is 0 Å². The lowest BCUT2D eigenvalue weighted by Gasteiger charge is -2.10. The minimum atomic E-state index is 0.560. The average molecular weight is 606 g/mol. The molecule has 8 heteroatoms. The number of hydrogen-bond donors (Lipinski definition) is 0. The Labute approximate surface area is 260 Å². The highest BCUT2D eigenvalue weighted by molar-refractivity contribution is 4.50. The van der Waals surface area contributed by atoms with E-state index < -0.39 is 0 Å². The summed E-state index contributed by atoms with van der Waals surface area (Å²) in [5.41, 5.74) is 0. The van der Waals surface area contributed by atoms with Crippen molar-refractivity contribution in [3.05, 3.63) is 0 Å². The van der Waals surface area contributed by atoms with Crippen LogP contribution < -0.4 is 0 Å². The van der Waals surface area contributed by atoms with Gasteiger partial charge < -0.3 is 38.1 Å². The highest BCUT2D eigenvalue weighted by atomic mass is 16.6. The van der Waals surface area contributed by atoms with Gasteiger partial charge in [-0.15, -0.1) is 0 Å². The molecule has 0 aliphatic rings. The lowest BCUT2D eigenvalue weighted by Crippen LogP contribution is -2.19. The number of ether oxygens (including phenoxy) is 7. The van der Waals surface area contributed by atoms with Crippen LogP contribution in [0.5, 0.6) is 0 Å². The average Bonchev–Trinajstić information content (AvgIpc) is 2.98. The van der Waals surface area contributed by atoms with Crippen LogP contribution in [0.1, 0.15) is 110 Å². The second-order valence-corrected chi connectivity index (χ2v) is 11.4. The molecule has 0 aliphatic heterocycles. The Hall–Kier alpha value is -0.320. The first kappa shape index (κ1) is 41.7. The van der Waals surface area contributed by atoms with Crippen molar-refractivity contribution >= 4 is 0 Å². The molecular weight excluding hydrogens is 534 g/mol. The molecule has 0 bridgehead atoms. The maximum atomic E-state index is 5.68. The monoisotopic (exact) mass is 606 g/mol. The van der Waals surface area contributed by atoms with E-state index in [4.69, 9.17) is 33.2 Å². The highest BCUT2D eigenvalue weighted by Gasteiger charge is 1.97. The van der Waals surface area contributed by atoms with Gasteiger partial charge in [-0.2, -0.15) is 0 Å². The maximum absolute atomic E-state index is 5.68. The van der Waals surface area contributed by atoms with Gasteiger partial charge in [0.25, 0.3) is 0 Å². The molecule has 0 spiro atoms. The molecule has 0 rings (SSSR count). The van der Waals surface area contributed by atoms with Crippen molar-refractivity contribution < 1.29 is 33.2 Å². The number of nitrogens with zero attached hydrogens (tertiary/aromatic N) is 1. The van der Waals surface area contributed by atoms with Crippen molar-refractivity contribution in [1.29, 1.82) is 0 Å². The molecule has 0 aromatic rings. The molecule has 0 saturated heterocycles. The quantitative estimate of drug-likeness (QED) is 0.0703. The lowest BCUT2D eigenvalue weighted by atomic mass is 10.0. The third kappa shape index (κ3) is 39.7. The summed E-state index contributed by atoms with van der Waals surface area (Å²) < 4.78 is 38.7. The normalized spacial score (nSPS) is 11.7. The fourth-order valence-electron chi connectivity index (χ4n) is 4.42. The summed E-state index contributed by atoms with van der Waals surface area (Å²) in [6, 6.07) is 0. The Kier molecular flexibility index (Phi) is 38.4. The van der Waals surface area contributed by atoms with Crippen LogP contribution in [-0.2, 0) is 33.2 Å². The number of rotatable bonds is 38. The van der Waals surface area contributed by atoms with Crippen molar-refractivity contribution in [2.45, 2.75) is 110 Å². The van der Waals surface area contributed by atoms with Crippen molar-refractivity contribution in [2.24, 2.45) is 0 Å². The van der Waals surface area contributed by atoms with Gasteiger partial charge in [-0.1, -0.05) is 103 Å². The Morgan fingerprint density at radius 2 is 0.524 bits per heavy atom. The van der Waals surface area contributed by atoms with Crippen LogP contribution in [0.25, 0.3) is 0 Å². The fourth-order valence-corrected chi connectivity index (χ4v) is 4.42. The van der Waals surface area contributed by atoms with Crippen LogP contribution in [0, 0.1) is 0 Å². The summed E-state index contributed by atoms with van der Waals surface area (Å²) in [5, 5.41) is 0. The summed E-state index contributed by atoms with van der Waals surface area (Å²) in [6.45, 7) is 11.9. The molecule has 0 radical (unpaired) electrons. The Bertz CT molecular complexity index is 471. The van der Waals surface area contributed by atoms with E-state index in [1.54, 1.807) is 0 Å². The Morgan fingerprint density at radius 1 is 0.286 bits per heavy atom. The number of unbranched alkanes of at least 4 members (excludes halogenated alkanes) is 15. The third-order valence-corrected chi connectivity index (χ3v) is 7.06. The second-order valence-electron chi connectivity index (χ2n) is 11.4. The van der Waals surface area contributed by atoms with Crippen LogP contribution in [-0.4, -0.2) is 118 Å². The van der Waals surface area contributed by atoms with Crippen molar-refractivity contribution in [3.63, 3.8) is 0 Å². The van der Waals surface area contributed by atoms with Crippen molar-refractivity contribution in [1.82, 2.24) is 4.90 Å². The largest absolute Gasteiger partial charge is 0.379 e. The van der Waals surface area contributed by atoms with Gasteiger partial charge in [-0.05, 0) is 20.5 Å². The molecule has 0 unspecified atom stereocenters. The fraction of sp³-hybridized carbons (Fsp3) is 1.00. The number of likely N-dealkylation sites (N-methyl/N-ethyl adjacent to an activating group) is 1. The Morgan fingerprint density at radius 3 is 0.810 bits per heavy atom. The van der Waals surface area contributed by atoms with Gasteiger partial charge in [-0.25, -0.2) is 0 Å². The molecular formula is C34H71NO7. The lowest BCUT2D eigenvalue weighted by molar-refractivity contribution is -0.0208. The van der Waals surface area contributed by atoms with Gasteiger partial charge in [0.2, 0.25) is 0 Å². The van der Waals surface area contributed by atoms with Gasteiger partial charge >= 0.3 is 0 Å². The molecule has 0 N–H and O–H groups in total. The molecule has 0 fully saturated rings. The van der Waals surface area contributed by atoms with E-state index in [2.05, 4.69) is 11.8 Å². The highest BCUT2D eigenvalue weighted by Crippen LogP contribution is 2.13. The SMILES string of the molecule is CCCCCCCCCCCCCCCCCCOCCOCCOCCOCCOCCOCCOCCN(C)C. The molecule has 254 valence electrons. The van der Waals surface area contributed by atoms with Crippen molar-refractivity contribution in [2.75, 3.05) is 113 Å². The molecule has 0 atom stereocenters. The summed E-state index contributed by atoms with van der Waals surface area (Å²) in [4.78, 5) is 2.09. The first-order valence-electron chi connectivity index (χ1n) is 17.5. The zero-order valence-corrected chi connectivity index (χ0v) is 28.2. The third-order valence-electron chi connectivity index (χ3n) is 7.06. The van der Waals surface area contributed by atoms with E-state index in [1.807, 2.05) is 14.1 Å². The molecule has 0 saturated carbocycles. The predicted octanol–water partition coefficient (Wildman–Crippen LogP) is 6.93. The molecule has 0 aliphatic carbocycles. The summed E-state index contributed by atoms with van der Waals surface area (Å²) >= 11 is 0.